The maximum atomic E-state index is 5.77. The monoisotopic (exact) mass is 155 g/mol. The second-order valence-corrected chi connectivity index (χ2v) is 3.91. The van der Waals surface area contributed by atoms with E-state index < -0.39 is 0 Å². The summed E-state index contributed by atoms with van der Waals surface area (Å²) < 4.78 is 5.77. The first-order valence-corrected chi connectivity index (χ1v) is 4.66. The summed E-state index contributed by atoms with van der Waals surface area (Å²) in [6.45, 7) is 8.32. The average Bonchev–Trinajstić information content (AvgIpc) is 1.85. The first-order chi connectivity index (χ1) is 5.12. The largest absolute Gasteiger partial charge is 0.372 e. The van der Waals surface area contributed by atoms with Gasteiger partial charge in [0, 0.05) is 0 Å². The first kappa shape index (κ1) is 9.05. The minimum atomic E-state index is -0.0492. The van der Waals surface area contributed by atoms with Crippen LogP contribution in [-0.4, -0.2) is 11.7 Å². The van der Waals surface area contributed by atoms with E-state index in [0.29, 0.717) is 6.10 Å². The lowest BCUT2D eigenvalue weighted by atomic mass is 9.86. The maximum absolute atomic E-state index is 5.77. The van der Waals surface area contributed by atoms with Gasteiger partial charge in [-0.1, -0.05) is 19.3 Å². The molecule has 0 amide bonds. The van der Waals surface area contributed by atoms with Gasteiger partial charge in [0.1, 0.15) is 0 Å². The summed E-state index contributed by atoms with van der Waals surface area (Å²) in [6, 6.07) is 0. The van der Waals surface area contributed by atoms with E-state index in [-0.39, 0.29) is 5.60 Å². The van der Waals surface area contributed by atoms with E-state index in [1.807, 2.05) is 0 Å². The molecule has 1 aliphatic rings. The third-order valence-electron chi connectivity index (χ3n) is 2.25. The fraction of sp³-hybridized carbons (Fsp3) is 0.900. The van der Waals surface area contributed by atoms with Crippen LogP contribution in [0.2, 0.25) is 0 Å². The van der Waals surface area contributed by atoms with Gasteiger partial charge in [0.2, 0.25) is 0 Å². The van der Waals surface area contributed by atoms with Crippen LogP contribution in [0.5, 0.6) is 0 Å². The van der Waals surface area contributed by atoms with Crippen molar-refractivity contribution < 1.29 is 4.74 Å². The molecule has 11 heavy (non-hydrogen) atoms. The zero-order valence-corrected chi connectivity index (χ0v) is 7.73. The third kappa shape index (κ3) is 2.82. The number of ether oxygens (including phenoxy) is 1. The second kappa shape index (κ2) is 3.57. The summed E-state index contributed by atoms with van der Waals surface area (Å²) in [5.74, 6) is 0. The van der Waals surface area contributed by atoms with Crippen molar-refractivity contribution in [3.05, 3.63) is 6.92 Å². The molecule has 1 heteroatoms. The normalized spacial score (nSPS) is 24.0. The standard InChI is InChI=1S/C10H19O/c1-9(2)11-10(3)7-5-4-6-8-10/h9H,3-8H2,1-2H3. The third-order valence-corrected chi connectivity index (χ3v) is 2.25. The van der Waals surface area contributed by atoms with Crippen LogP contribution in [0.3, 0.4) is 0 Å². The molecule has 1 radical (unpaired) electrons. The van der Waals surface area contributed by atoms with Gasteiger partial charge in [-0.3, -0.25) is 0 Å². The van der Waals surface area contributed by atoms with Crippen LogP contribution in [0.1, 0.15) is 46.0 Å². The molecule has 0 aliphatic heterocycles. The van der Waals surface area contributed by atoms with Crippen molar-refractivity contribution in [1.29, 1.82) is 0 Å². The van der Waals surface area contributed by atoms with Crippen LogP contribution >= 0.6 is 0 Å². The van der Waals surface area contributed by atoms with Gasteiger partial charge in [0.25, 0.3) is 0 Å². The zero-order chi connectivity index (χ0) is 8.32. The molecule has 1 saturated carbocycles. The van der Waals surface area contributed by atoms with Crippen molar-refractivity contribution >= 4 is 0 Å². The molecule has 65 valence electrons. The SMILES string of the molecule is [CH2]C1(OC(C)C)CCCCC1. The molecule has 0 atom stereocenters. The predicted molar refractivity (Wildman–Crippen MR) is 47.4 cm³/mol. The molecule has 1 rings (SSSR count). The van der Waals surface area contributed by atoms with Crippen LogP contribution in [-0.2, 0) is 4.74 Å². The zero-order valence-electron chi connectivity index (χ0n) is 7.73. The van der Waals surface area contributed by atoms with E-state index in [4.69, 9.17) is 4.74 Å². The lowest BCUT2D eigenvalue weighted by Gasteiger charge is -2.35. The van der Waals surface area contributed by atoms with Gasteiger partial charge in [-0.2, -0.15) is 0 Å². The first-order valence-electron chi connectivity index (χ1n) is 4.66. The average molecular weight is 155 g/mol. The molecule has 0 N–H and O–H groups in total. The van der Waals surface area contributed by atoms with Gasteiger partial charge >= 0.3 is 0 Å². The smallest absolute Gasteiger partial charge is 0.0687 e. The van der Waals surface area contributed by atoms with Crippen LogP contribution in [0.4, 0.5) is 0 Å². The Bertz CT molecular complexity index is 112. The molecule has 0 saturated heterocycles. The van der Waals surface area contributed by atoms with Crippen LogP contribution < -0.4 is 0 Å². The van der Waals surface area contributed by atoms with Crippen molar-refractivity contribution in [3.63, 3.8) is 0 Å². The van der Waals surface area contributed by atoms with E-state index in [0.717, 1.165) is 12.8 Å². The van der Waals surface area contributed by atoms with Crippen LogP contribution in [0.15, 0.2) is 0 Å². The summed E-state index contributed by atoms with van der Waals surface area (Å²) in [7, 11) is 0. The Morgan fingerprint density at radius 1 is 1.18 bits per heavy atom. The van der Waals surface area contributed by atoms with E-state index in [1.54, 1.807) is 0 Å². The van der Waals surface area contributed by atoms with Gasteiger partial charge in [-0.05, 0) is 33.6 Å². The van der Waals surface area contributed by atoms with Crippen LogP contribution in [0, 0.1) is 6.92 Å². The molecule has 0 bridgehead atoms. The molecule has 1 nitrogen and oxygen atoms in total. The van der Waals surface area contributed by atoms with Crippen LogP contribution in [0.25, 0.3) is 0 Å². The molecule has 0 aromatic carbocycles. The summed E-state index contributed by atoms with van der Waals surface area (Å²) in [5.41, 5.74) is -0.0492. The highest BCUT2D eigenvalue weighted by atomic mass is 16.5. The van der Waals surface area contributed by atoms with Crippen molar-refractivity contribution in [2.75, 3.05) is 0 Å². The minimum Gasteiger partial charge on any atom is -0.372 e. The van der Waals surface area contributed by atoms with E-state index in [2.05, 4.69) is 20.8 Å². The lowest BCUT2D eigenvalue weighted by molar-refractivity contribution is -0.0699. The molecule has 1 fully saturated rings. The van der Waals surface area contributed by atoms with Crippen molar-refractivity contribution in [2.24, 2.45) is 0 Å². The van der Waals surface area contributed by atoms with Gasteiger partial charge in [0.05, 0.1) is 11.7 Å². The van der Waals surface area contributed by atoms with E-state index in [1.165, 1.54) is 19.3 Å². The lowest BCUT2D eigenvalue weighted by Crippen LogP contribution is -2.34. The molecule has 0 aromatic heterocycles. The van der Waals surface area contributed by atoms with Gasteiger partial charge in [0.15, 0.2) is 0 Å². The summed E-state index contributed by atoms with van der Waals surface area (Å²) in [5, 5.41) is 0. The molecule has 0 heterocycles. The highest BCUT2D eigenvalue weighted by Crippen LogP contribution is 2.31. The van der Waals surface area contributed by atoms with E-state index >= 15 is 0 Å². The van der Waals surface area contributed by atoms with Gasteiger partial charge in [-0.15, -0.1) is 0 Å². The molecule has 0 aromatic rings. The van der Waals surface area contributed by atoms with Crippen molar-refractivity contribution in [1.82, 2.24) is 0 Å². The Kier molecular flexibility index (Phi) is 2.94. The number of hydrogen-bond acceptors (Lipinski definition) is 1. The molecule has 0 unspecified atom stereocenters. The predicted octanol–water partition coefficient (Wildman–Crippen LogP) is 2.95. The maximum Gasteiger partial charge on any atom is 0.0687 e. The Hall–Kier alpha value is -0.0400. The fourth-order valence-electron chi connectivity index (χ4n) is 1.81. The summed E-state index contributed by atoms with van der Waals surface area (Å²) >= 11 is 0. The highest BCUT2D eigenvalue weighted by Gasteiger charge is 2.28. The van der Waals surface area contributed by atoms with Crippen molar-refractivity contribution in [2.45, 2.75) is 57.7 Å². The number of hydrogen-bond donors (Lipinski definition) is 0. The Balaban J connectivity index is 2.37. The van der Waals surface area contributed by atoms with Gasteiger partial charge < -0.3 is 4.74 Å². The minimum absolute atomic E-state index is 0.0492. The molecule has 1 aliphatic carbocycles. The number of rotatable bonds is 2. The topological polar surface area (TPSA) is 9.23 Å². The van der Waals surface area contributed by atoms with Crippen molar-refractivity contribution in [3.8, 4) is 0 Å². The summed E-state index contributed by atoms with van der Waals surface area (Å²) in [6.07, 6.45) is 6.55. The highest BCUT2D eigenvalue weighted by molar-refractivity contribution is 4.87. The molecule has 0 spiro atoms. The Morgan fingerprint density at radius 3 is 2.18 bits per heavy atom. The van der Waals surface area contributed by atoms with Gasteiger partial charge in [-0.25, -0.2) is 0 Å². The Labute approximate surface area is 70.1 Å². The Morgan fingerprint density at radius 2 is 1.73 bits per heavy atom. The molecular formula is C10H19O. The summed E-state index contributed by atoms with van der Waals surface area (Å²) in [4.78, 5) is 0. The molecular weight excluding hydrogens is 136 g/mol. The quantitative estimate of drug-likeness (QED) is 0.595. The fourth-order valence-corrected chi connectivity index (χ4v) is 1.81. The van der Waals surface area contributed by atoms with E-state index in [9.17, 15) is 0 Å². The second-order valence-electron chi connectivity index (χ2n) is 3.91.